The van der Waals surface area contributed by atoms with Crippen molar-refractivity contribution in [2.75, 3.05) is 18.9 Å². The third-order valence-corrected chi connectivity index (χ3v) is 7.54. The van der Waals surface area contributed by atoms with Crippen LogP contribution in [0.3, 0.4) is 0 Å². The third-order valence-electron chi connectivity index (χ3n) is 7.54. The van der Waals surface area contributed by atoms with Crippen LogP contribution in [0.5, 0.6) is 5.75 Å². The number of hydrogen-bond acceptors (Lipinski definition) is 6. The van der Waals surface area contributed by atoms with Crippen molar-refractivity contribution in [2.24, 2.45) is 0 Å². The molecule has 2 aromatic rings. The second-order valence-electron chi connectivity index (χ2n) is 10.2. The lowest BCUT2D eigenvalue weighted by Gasteiger charge is -2.38. The highest BCUT2D eigenvalue weighted by atomic mass is 19.4. The van der Waals surface area contributed by atoms with Crippen molar-refractivity contribution in [1.29, 1.82) is 0 Å². The molecule has 1 amide bonds. The summed E-state index contributed by atoms with van der Waals surface area (Å²) in [6.45, 7) is 6.97. The molecule has 1 saturated heterocycles. The second kappa shape index (κ2) is 12.8. The number of nitrogens with one attached hydrogen (secondary N) is 3. The highest BCUT2D eigenvalue weighted by Crippen LogP contribution is 2.44. The maximum absolute atomic E-state index is 14.7. The standard InChI is InChI=1S/C28H36F4N4O4/c1-6-8-19-21(27(39)34-16(4)23(19)29)13-33-26(38)20-12-22(28(30,31)32)25(40-14-37)24(15(20)3)35-17-9-10-36(5)18(7-2)11-17/h12,14,17-18,35H,6-11,13H2,1-5H3,(H,33,38)(H,34,39). The average Bonchev–Trinajstić information content (AvgIpc) is 2.89. The van der Waals surface area contributed by atoms with Crippen LogP contribution in [0, 0.1) is 19.7 Å². The number of amides is 1. The van der Waals surface area contributed by atoms with Crippen molar-refractivity contribution < 1.29 is 31.9 Å². The van der Waals surface area contributed by atoms with Gasteiger partial charge in [-0.15, -0.1) is 0 Å². The number of likely N-dealkylation sites (tertiary alicyclic amines) is 1. The molecule has 3 rings (SSSR count). The molecule has 1 aromatic carbocycles. The molecule has 40 heavy (non-hydrogen) atoms. The molecule has 1 aliphatic heterocycles. The molecule has 0 bridgehead atoms. The van der Waals surface area contributed by atoms with Gasteiger partial charge in [-0.05, 0) is 58.2 Å². The fraction of sp³-hybridized carbons (Fsp3) is 0.536. The number of carbonyl (C=O) groups is 2. The van der Waals surface area contributed by atoms with Crippen LogP contribution in [-0.2, 0) is 23.9 Å². The van der Waals surface area contributed by atoms with Crippen molar-refractivity contribution in [2.45, 2.75) is 84.6 Å². The first kappa shape index (κ1) is 31.1. The Labute approximate surface area is 230 Å². The number of ether oxygens (including phenoxy) is 1. The number of aromatic amines is 1. The number of benzene rings is 1. The molecular formula is C28H36F4N4O4. The van der Waals surface area contributed by atoms with Gasteiger partial charge in [-0.2, -0.15) is 13.2 Å². The first-order chi connectivity index (χ1) is 18.8. The van der Waals surface area contributed by atoms with E-state index in [4.69, 9.17) is 4.74 Å². The van der Waals surface area contributed by atoms with Gasteiger partial charge in [0.2, 0.25) is 0 Å². The van der Waals surface area contributed by atoms with Gasteiger partial charge < -0.3 is 25.3 Å². The van der Waals surface area contributed by atoms with E-state index in [9.17, 15) is 31.9 Å². The van der Waals surface area contributed by atoms with E-state index < -0.39 is 34.8 Å². The van der Waals surface area contributed by atoms with Crippen LogP contribution in [0.4, 0.5) is 23.2 Å². The zero-order valence-electron chi connectivity index (χ0n) is 23.4. The number of pyridine rings is 1. The van der Waals surface area contributed by atoms with Crippen LogP contribution >= 0.6 is 0 Å². The Morgan fingerprint density at radius 3 is 2.55 bits per heavy atom. The molecule has 12 heteroatoms. The van der Waals surface area contributed by atoms with E-state index >= 15 is 0 Å². The summed E-state index contributed by atoms with van der Waals surface area (Å²) in [4.78, 5) is 41.7. The monoisotopic (exact) mass is 568 g/mol. The number of halogens is 4. The van der Waals surface area contributed by atoms with Gasteiger partial charge in [0, 0.05) is 41.9 Å². The largest absolute Gasteiger partial charge is 0.426 e. The van der Waals surface area contributed by atoms with Gasteiger partial charge in [0.25, 0.3) is 17.9 Å². The van der Waals surface area contributed by atoms with Crippen LogP contribution < -0.4 is 20.9 Å². The number of nitrogens with zero attached hydrogens (tertiary/aromatic N) is 1. The van der Waals surface area contributed by atoms with Crippen LogP contribution in [-0.4, -0.2) is 47.9 Å². The Morgan fingerprint density at radius 1 is 1.25 bits per heavy atom. The van der Waals surface area contributed by atoms with E-state index in [-0.39, 0.29) is 65.2 Å². The molecule has 0 saturated carbocycles. The quantitative estimate of drug-likeness (QED) is 0.280. The van der Waals surface area contributed by atoms with E-state index in [0.717, 1.165) is 6.42 Å². The van der Waals surface area contributed by atoms with Crippen molar-refractivity contribution in [3.05, 3.63) is 55.7 Å². The number of H-pyrrole nitrogens is 1. The lowest BCUT2D eigenvalue weighted by atomic mass is 9.94. The van der Waals surface area contributed by atoms with Crippen molar-refractivity contribution in [3.63, 3.8) is 0 Å². The summed E-state index contributed by atoms with van der Waals surface area (Å²) in [5, 5.41) is 5.61. The number of carbonyl (C=O) groups excluding carboxylic acids is 2. The summed E-state index contributed by atoms with van der Waals surface area (Å²) in [5.74, 6) is -2.18. The molecule has 8 nitrogen and oxygen atoms in total. The number of aryl methyl sites for hydroxylation is 1. The molecule has 2 heterocycles. The molecule has 1 aliphatic rings. The van der Waals surface area contributed by atoms with Gasteiger partial charge in [0.1, 0.15) is 11.4 Å². The highest BCUT2D eigenvalue weighted by Gasteiger charge is 2.39. The first-order valence-electron chi connectivity index (χ1n) is 13.3. The number of rotatable bonds is 10. The summed E-state index contributed by atoms with van der Waals surface area (Å²) >= 11 is 0. The topological polar surface area (TPSA) is 104 Å². The molecule has 1 aromatic heterocycles. The Balaban J connectivity index is 2.04. The van der Waals surface area contributed by atoms with Crippen LogP contribution in [0.2, 0.25) is 0 Å². The molecule has 3 N–H and O–H groups in total. The smallest absolute Gasteiger partial charge is 0.420 e. The molecule has 1 fully saturated rings. The predicted molar refractivity (Wildman–Crippen MR) is 143 cm³/mol. The summed E-state index contributed by atoms with van der Waals surface area (Å²) in [7, 11) is 1.99. The van der Waals surface area contributed by atoms with E-state index in [2.05, 4.69) is 20.5 Å². The lowest BCUT2D eigenvalue weighted by molar-refractivity contribution is -0.139. The molecule has 220 valence electrons. The molecule has 2 atom stereocenters. The Morgan fingerprint density at radius 2 is 1.95 bits per heavy atom. The number of aromatic nitrogens is 1. The lowest BCUT2D eigenvalue weighted by Crippen LogP contribution is -2.44. The Kier molecular flexibility index (Phi) is 9.99. The van der Waals surface area contributed by atoms with E-state index in [1.165, 1.54) is 13.8 Å². The van der Waals surface area contributed by atoms with Crippen molar-refractivity contribution >= 4 is 18.1 Å². The van der Waals surface area contributed by atoms with E-state index in [0.29, 0.717) is 31.9 Å². The predicted octanol–water partition coefficient (Wildman–Crippen LogP) is 4.85. The SMILES string of the molecule is CCCc1c(F)c(C)[nH]c(=O)c1CNC(=O)c1cc(C(F)(F)F)c(OC=O)c(NC2CCN(C)C(CC)C2)c1C. The van der Waals surface area contributed by atoms with Crippen molar-refractivity contribution in [3.8, 4) is 5.75 Å². The van der Waals surface area contributed by atoms with Gasteiger partial charge in [0.15, 0.2) is 5.75 Å². The Hall–Kier alpha value is -3.41. The number of anilines is 1. The number of hydrogen-bond donors (Lipinski definition) is 3. The normalized spacial score (nSPS) is 17.9. The minimum Gasteiger partial charge on any atom is -0.426 e. The first-order valence-corrected chi connectivity index (χ1v) is 13.3. The van der Waals surface area contributed by atoms with Gasteiger partial charge >= 0.3 is 6.18 Å². The second-order valence-corrected chi connectivity index (χ2v) is 10.2. The van der Waals surface area contributed by atoms with Crippen molar-refractivity contribution in [1.82, 2.24) is 15.2 Å². The van der Waals surface area contributed by atoms with E-state index in [1.807, 2.05) is 20.9 Å². The molecule has 2 unspecified atom stereocenters. The third kappa shape index (κ3) is 6.65. The van der Waals surface area contributed by atoms with Gasteiger partial charge in [-0.25, -0.2) is 4.39 Å². The average molecular weight is 569 g/mol. The zero-order valence-corrected chi connectivity index (χ0v) is 23.4. The Bertz CT molecular complexity index is 1310. The van der Waals surface area contributed by atoms with Crippen LogP contribution in [0.25, 0.3) is 0 Å². The fourth-order valence-electron chi connectivity index (χ4n) is 5.29. The molecule has 0 aliphatic carbocycles. The van der Waals surface area contributed by atoms with Gasteiger partial charge in [-0.1, -0.05) is 20.3 Å². The van der Waals surface area contributed by atoms with Crippen LogP contribution in [0.15, 0.2) is 10.9 Å². The van der Waals surface area contributed by atoms with Gasteiger partial charge in [0.05, 0.1) is 11.4 Å². The number of piperidine rings is 1. The molecule has 0 radical (unpaired) electrons. The van der Waals surface area contributed by atoms with Gasteiger partial charge in [-0.3, -0.25) is 14.4 Å². The minimum atomic E-state index is -4.94. The minimum absolute atomic E-state index is 0.00295. The summed E-state index contributed by atoms with van der Waals surface area (Å²) in [5.41, 5.74) is -1.91. The van der Waals surface area contributed by atoms with E-state index in [1.54, 1.807) is 0 Å². The maximum atomic E-state index is 14.7. The summed E-state index contributed by atoms with van der Waals surface area (Å²) < 4.78 is 62.0. The molecular weight excluding hydrogens is 532 g/mol. The molecule has 0 spiro atoms. The summed E-state index contributed by atoms with van der Waals surface area (Å²) in [6, 6.07) is 0.616. The highest BCUT2D eigenvalue weighted by molar-refractivity contribution is 5.98. The number of alkyl halides is 3. The zero-order chi connectivity index (χ0) is 29.8. The summed E-state index contributed by atoms with van der Waals surface area (Å²) in [6.07, 6.45) is -2.03. The maximum Gasteiger partial charge on any atom is 0.420 e. The van der Waals surface area contributed by atoms with Crippen LogP contribution in [0.1, 0.15) is 77.8 Å². The fourth-order valence-corrected chi connectivity index (χ4v) is 5.29.